The van der Waals surface area contributed by atoms with Gasteiger partial charge in [0.1, 0.15) is 11.3 Å². The standard InChI is InChI=1S/C19H17F2N3O2/c20-13-6-14(17-16(7-13)22-11-23-17)18(26)24-8-15(19(21,9-24)10-25)12-4-2-1-3-5-12/h1-7,11,15,25H,8-10H2,(H,22,23)/t15-,19+/m1/s1. The van der Waals surface area contributed by atoms with Crippen LogP contribution in [0.25, 0.3) is 11.0 Å². The zero-order valence-electron chi connectivity index (χ0n) is 13.8. The van der Waals surface area contributed by atoms with Crippen molar-refractivity contribution >= 4 is 16.9 Å². The molecule has 7 heteroatoms. The van der Waals surface area contributed by atoms with Crippen molar-refractivity contribution in [1.82, 2.24) is 14.9 Å². The number of rotatable bonds is 3. The Kier molecular flexibility index (Phi) is 3.96. The first-order chi connectivity index (χ1) is 12.5. The number of nitrogens with zero attached hydrogens (tertiary/aromatic N) is 2. The van der Waals surface area contributed by atoms with Gasteiger partial charge in [-0.15, -0.1) is 0 Å². The normalized spacial score (nSPS) is 22.9. The largest absolute Gasteiger partial charge is 0.393 e. The van der Waals surface area contributed by atoms with Crippen molar-refractivity contribution in [3.63, 3.8) is 0 Å². The van der Waals surface area contributed by atoms with Gasteiger partial charge in [-0.3, -0.25) is 4.79 Å². The summed E-state index contributed by atoms with van der Waals surface area (Å²) in [7, 11) is 0. The molecule has 4 rings (SSSR count). The molecular formula is C19H17F2N3O2. The minimum Gasteiger partial charge on any atom is -0.393 e. The summed E-state index contributed by atoms with van der Waals surface area (Å²) in [6.07, 6.45) is 1.38. The van der Waals surface area contributed by atoms with Crippen LogP contribution in [0.15, 0.2) is 48.8 Å². The molecule has 0 radical (unpaired) electrons. The Balaban J connectivity index is 1.70. The minimum atomic E-state index is -1.95. The first-order valence-electron chi connectivity index (χ1n) is 8.28. The highest BCUT2D eigenvalue weighted by molar-refractivity contribution is 6.05. The van der Waals surface area contributed by atoms with Crippen LogP contribution in [0.4, 0.5) is 8.78 Å². The molecule has 0 bridgehead atoms. The summed E-state index contributed by atoms with van der Waals surface area (Å²) in [5.74, 6) is -1.73. The van der Waals surface area contributed by atoms with Crippen LogP contribution in [0.3, 0.4) is 0 Å². The predicted molar refractivity (Wildman–Crippen MR) is 92.1 cm³/mol. The number of imidazole rings is 1. The van der Waals surface area contributed by atoms with Gasteiger partial charge in [-0.1, -0.05) is 30.3 Å². The quantitative estimate of drug-likeness (QED) is 0.757. The summed E-state index contributed by atoms with van der Waals surface area (Å²) in [5, 5.41) is 9.62. The van der Waals surface area contributed by atoms with E-state index in [1.54, 1.807) is 24.3 Å². The van der Waals surface area contributed by atoms with Gasteiger partial charge in [0, 0.05) is 12.5 Å². The summed E-state index contributed by atoms with van der Waals surface area (Å²) in [6, 6.07) is 11.3. The van der Waals surface area contributed by atoms with Crippen molar-refractivity contribution in [3.8, 4) is 0 Å². The number of hydrogen-bond acceptors (Lipinski definition) is 3. The highest BCUT2D eigenvalue weighted by atomic mass is 19.1. The van der Waals surface area contributed by atoms with E-state index in [-0.39, 0.29) is 18.7 Å². The van der Waals surface area contributed by atoms with Crippen LogP contribution in [0.1, 0.15) is 21.8 Å². The van der Waals surface area contributed by atoms with Gasteiger partial charge in [0.05, 0.1) is 30.6 Å². The smallest absolute Gasteiger partial charge is 0.256 e. The van der Waals surface area contributed by atoms with Crippen LogP contribution >= 0.6 is 0 Å². The number of aromatic amines is 1. The van der Waals surface area contributed by atoms with Crippen molar-refractivity contribution < 1.29 is 18.7 Å². The van der Waals surface area contributed by atoms with E-state index in [2.05, 4.69) is 9.97 Å². The number of benzene rings is 2. The fraction of sp³-hybridized carbons (Fsp3) is 0.263. The molecule has 2 aromatic carbocycles. The Morgan fingerprint density at radius 3 is 2.85 bits per heavy atom. The Morgan fingerprint density at radius 2 is 2.12 bits per heavy atom. The third kappa shape index (κ3) is 2.64. The summed E-state index contributed by atoms with van der Waals surface area (Å²) in [5.41, 5.74) is -0.415. The van der Waals surface area contributed by atoms with E-state index in [0.717, 1.165) is 6.07 Å². The molecule has 1 amide bonds. The summed E-state index contributed by atoms with van der Waals surface area (Å²) in [6.45, 7) is -0.857. The van der Waals surface area contributed by atoms with Crippen molar-refractivity contribution in [1.29, 1.82) is 0 Å². The lowest BCUT2D eigenvalue weighted by molar-refractivity contribution is 0.0576. The number of carbonyl (C=O) groups is 1. The predicted octanol–water partition coefficient (Wildman–Crippen LogP) is 2.64. The van der Waals surface area contributed by atoms with E-state index in [1.807, 2.05) is 6.07 Å². The first-order valence-corrected chi connectivity index (χ1v) is 8.28. The zero-order chi connectivity index (χ0) is 18.3. The number of hydrogen-bond donors (Lipinski definition) is 2. The van der Waals surface area contributed by atoms with E-state index in [1.165, 1.54) is 17.3 Å². The van der Waals surface area contributed by atoms with Crippen LogP contribution in [0, 0.1) is 5.82 Å². The van der Waals surface area contributed by atoms with Crippen LogP contribution in [0.5, 0.6) is 0 Å². The van der Waals surface area contributed by atoms with Crippen molar-refractivity contribution in [3.05, 3.63) is 65.7 Å². The molecule has 134 valence electrons. The maximum absolute atomic E-state index is 15.3. The monoisotopic (exact) mass is 357 g/mol. The van der Waals surface area contributed by atoms with Crippen LogP contribution in [-0.4, -0.2) is 51.2 Å². The van der Waals surface area contributed by atoms with Gasteiger partial charge >= 0.3 is 0 Å². The molecule has 1 fully saturated rings. The average Bonchev–Trinajstić information content (AvgIpc) is 3.26. The van der Waals surface area contributed by atoms with Gasteiger partial charge in [-0.25, -0.2) is 13.8 Å². The molecule has 1 aliphatic rings. The number of aliphatic hydroxyl groups excluding tert-OH is 1. The van der Waals surface area contributed by atoms with Gasteiger partial charge in [0.25, 0.3) is 5.91 Å². The highest BCUT2D eigenvalue weighted by Gasteiger charge is 2.49. The second kappa shape index (κ2) is 6.17. The molecule has 2 N–H and O–H groups in total. The van der Waals surface area contributed by atoms with Crippen LogP contribution in [-0.2, 0) is 0 Å². The maximum atomic E-state index is 15.3. The molecule has 0 aliphatic carbocycles. The Labute approximate surface area is 148 Å². The lowest BCUT2D eigenvalue weighted by Crippen LogP contribution is -2.37. The Morgan fingerprint density at radius 1 is 1.35 bits per heavy atom. The average molecular weight is 357 g/mol. The number of likely N-dealkylation sites (tertiary alicyclic amines) is 1. The van der Waals surface area contributed by atoms with E-state index in [4.69, 9.17) is 0 Å². The lowest BCUT2D eigenvalue weighted by Gasteiger charge is -2.23. The van der Waals surface area contributed by atoms with Gasteiger partial charge < -0.3 is 15.0 Å². The third-order valence-corrected chi connectivity index (χ3v) is 4.95. The Hall–Kier alpha value is -2.80. The second-order valence-electron chi connectivity index (χ2n) is 6.59. The number of nitrogens with one attached hydrogen (secondary N) is 1. The second-order valence-corrected chi connectivity index (χ2v) is 6.59. The maximum Gasteiger partial charge on any atom is 0.256 e. The van der Waals surface area contributed by atoms with Crippen molar-refractivity contribution in [2.45, 2.75) is 11.6 Å². The van der Waals surface area contributed by atoms with E-state index < -0.39 is 29.9 Å². The SMILES string of the molecule is O=C(c1cc(F)cc2[nH]cnc12)N1C[C@H](c2ccccc2)[C@@](F)(CO)C1. The Bertz CT molecular complexity index is 960. The molecule has 5 nitrogen and oxygen atoms in total. The van der Waals surface area contributed by atoms with Gasteiger partial charge in [-0.2, -0.15) is 0 Å². The summed E-state index contributed by atoms with van der Waals surface area (Å²) >= 11 is 0. The first kappa shape index (κ1) is 16.7. The van der Waals surface area contributed by atoms with Gasteiger partial charge in [0.2, 0.25) is 0 Å². The molecule has 0 unspecified atom stereocenters. The number of fused-ring (bicyclic) bond motifs is 1. The van der Waals surface area contributed by atoms with Crippen molar-refractivity contribution in [2.75, 3.05) is 19.7 Å². The molecule has 0 saturated carbocycles. The minimum absolute atomic E-state index is 0.0789. The molecule has 3 aromatic rings. The molecule has 1 saturated heterocycles. The number of amides is 1. The van der Waals surface area contributed by atoms with Crippen molar-refractivity contribution in [2.24, 2.45) is 0 Å². The molecule has 0 spiro atoms. The number of alkyl halides is 1. The number of carbonyl (C=O) groups excluding carboxylic acids is 1. The van der Waals surface area contributed by atoms with E-state index in [9.17, 15) is 14.3 Å². The number of aromatic nitrogens is 2. The van der Waals surface area contributed by atoms with Crippen LogP contribution < -0.4 is 0 Å². The number of H-pyrrole nitrogens is 1. The van der Waals surface area contributed by atoms with Crippen LogP contribution in [0.2, 0.25) is 0 Å². The molecular weight excluding hydrogens is 340 g/mol. The molecule has 1 aliphatic heterocycles. The van der Waals surface area contributed by atoms with E-state index >= 15 is 4.39 Å². The summed E-state index contributed by atoms with van der Waals surface area (Å²) in [4.78, 5) is 21.1. The molecule has 26 heavy (non-hydrogen) atoms. The third-order valence-electron chi connectivity index (χ3n) is 4.95. The zero-order valence-corrected chi connectivity index (χ0v) is 13.8. The van der Waals surface area contributed by atoms with Gasteiger partial charge in [-0.05, 0) is 17.7 Å². The van der Waals surface area contributed by atoms with E-state index in [0.29, 0.717) is 16.6 Å². The number of aliphatic hydroxyl groups is 1. The molecule has 1 aromatic heterocycles. The molecule has 2 heterocycles. The topological polar surface area (TPSA) is 69.2 Å². The van der Waals surface area contributed by atoms with Gasteiger partial charge in [0.15, 0.2) is 5.67 Å². The fourth-order valence-corrected chi connectivity index (χ4v) is 3.63. The fourth-order valence-electron chi connectivity index (χ4n) is 3.63. The molecule has 2 atom stereocenters. The lowest BCUT2D eigenvalue weighted by atomic mass is 9.87. The summed E-state index contributed by atoms with van der Waals surface area (Å²) < 4.78 is 29.2. The number of halogens is 2. The highest BCUT2D eigenvalue weighted by Crippen LogP contribution is 2.39.